The summed E-state index contributed by atoms with van der Waals surface area (Å²) in [5, 5.41) is 0. The second kappa shape index (κ2) is 4.22. The molecule has 0 amide bonds. The molecule has 0 saturated carbocycles. The van der Waals surface area contributed by atoms with E-state index in [4.69, 9.17) is 23.5 Å². The summed E-state index contributed by atoms with van der Waals surface area (Å²) in [5.41, 5.74) is 0.519. The molecular weight excluding hydrogens is 231 g/mol. The Morgan fingerprint density at radius 1 is 1.38 bits per heavy atom. The van der Waals surface area contributed by atoms with Crippen molar-refractivity contribution >= 4 is 42.1 Å². The Kier molecular flexibility index (Phi) is 3.47. The van der Waals surface area contributed by atoms with E-state index in [0.29, 0.717) is 5.56 Å². The molecule has 1 atom stereocenters. The summed E-state index contributed by atoms with van der Waals surface area (Å²) in [6.45, 7) is 0. The highest BCUT2D eigenvalue weighted by Crippen LogP contribution is 2.34. The van der Waals surface area contributed by atoms with Crippen LogP contribution in [0.25, 0.3) is 0 Å². The summed E-state index contributed by atoms with van der Waals surface area (Å²) in [4.78, 5) is 11.1. The van der Waals surface area contributed by atoms with Gasteiger partial charge in [-0.15, -0.1) is 12.6 Å². The minimum absolute atomic E-state index is 0.519. The lowest BCUT2D eigenvalue weighted by Gasteiger charge is -2.16. The van der Waals surface area contributed by atoms with Gasteiger partial charge in [0.2, 0.25) is 4.21 Å². The molecule has 1 rings (SSSR count). The van der Waals surface area contributed by atoms with Gasteiger partial charge in [0.1, 0.15) is 11.9 Å². The van der Waals surface area contributed by atoms with Gasteiger partial charge in [-0.1, -0.05) is 41.9 Å². The van der Waals surface area contributed by atoms with Crippen molar-refractivity contribution in [3.8, 4) is 0 Å². The summed E-state index contributed by atoms with van der Waals surface area (Å²) in [6, 6.07) is 8.60. The maximum absolute atomic E-state index is 11.1. The van der Waals surface area contributed by atoms with Crippen molar-refractivity contribution in [3.63, 3.8) is 0 Å². The molecule has 0 aliphatic carbocycles. The van der Waals surface area contributed by atoms with Crippen molar-refractivity contribution in [3.05, 3.63) is 35.9 Å². The van der Waals surface area contributed by atoms with Gasteiger partial charge in [-0.3, -0.25) is 0 Å². The molecule has 0 aliphatic rings. The molecule has 0 aliphatic heterocycles. The van der Waals surface area contributed by atoms with Crippen molar-refractivity contribution < 1.29 is 9.08 Å². The lowest BCUT2D eigenvalue weighted by atomic mass is 10.1. The Labute approximate surface area is 91.4 Å². The number of hydrogen-bond donors (Lipinski definition) is 1. The third-order valence-corrected chi connectivity index (χ3v) is 2.45. The summed E-state index contributed by atoms with van der Waals surface area (Å²) >= 11 is 14.7. The molecule has 13 heavy (non-hydrogen) atoms. The predicted molar refractivity (Wildman–Crippen MR) is 54.9 cm³/mol. The van der Waals surface area contributed by atoms with Gasteiger partial charge in [0, 0.05) is 0 Å². The van der Waals surface area contributed by atoms with Crippen LogP contribution in [0, 0.1) is 0 Å². The highest BCUT2D eigenvalue weighted by molar-refractivity contribution is 7.83. The van der Waals surface area contributed by atoms with Crippen molar-refractivity contribution in [2.75, 3.05) is 0 Å². The van der Waals surface area contributed by atoms with Crippen LogP contribution in [0.1, 0.15) is 5.56 Å². The zero-order chi connectivity index (χ0) is 9.90. The quantitative estimate of drug-likeness (QED) is 0.632. The maximum Gasteiger partial charge on any atom is 0.360 e. The van der Waals surface area contributed by atoms with Gasteiger partial charge in [-0.25, -0.2) is 4.79 Å². The fourth-order valence-corrected chi connectivity index (χ4v) is 1.40. The van der Waals surface area contributed by atoms with E-state index in [2.05, 4.69) is 16.9 Å². The fraction of sp³-hybridized carbons (Fsp3) is 0.125. The number of alkyl halides is 1. The first-order valence-corrected chi connectivity index (χ1v) is 4.52. The lowest BCUT2D eigenvalue weighted by Crippen LogP contribution is -2.23. The average Bonchev–Trinajstić information content (AvgIpc) is 2.18. The van der Waals surface area contributed by atoms with Gasteiger partial charge in [0.05, 0.1) is 0 Å². The summed E-state index contributed by atoms with van der Waals surface area (Å²) in [6.07, 6.45) is 0. The van der Waals surface area contributed by atoms with Crippen molar-refractivity contribution in [1.29, 1.82) is 0 Å². The van der Waals surface area contributed by atoms with E-state index < -0.39 is 10.2 Å². The van der Waals surface area contributed by atoms with Crippen LogP contribution in [0.2, 0.25) is 0 Å². The topological polar surface area (TPSA) is 26.3 Å². The van der Waals surface area contributed by atoms with E-state index in [1.165, 1.54) is 0 Å². The van der Waals surface area contributed by atoms with Crippen molar-refractivity contribution in [1.82, 2.24) is 0 Å². The summed E-state index contributed by atoms with van der Waals surface area (Å²) < 4.78 is 2.47. The van der Waals surface area contributed by atoms with Crippen molar-refractivity contribution in [2.45, 2.75) is 4.21 Å². The zero-order valence-corrected chi connectivity index (χ0v) is 8.81. The number of rotatable bonds is 2. The van der Waals surface area contributed by atoms with Crippen molar-refractivity contribution in [2.24, 2.45) is 0 Å². The monoisotopic (exact) mass is 236 g/mol. The number of halogens is 2. The molecule has 70 valence electrons. The van der Waals surface area contributed by atoms with E-state index in [9.17, 15) is 4.79 Å². The molecule has 0 bridgehead atoms. The zero-order valence-electron chi connectivity index (χ0n) is 6.41. The van der Waals surface area contributed by atoms with Crippen LogP contribution in [0.5, 0.6) is 0 Å². The molecule has 0 spiro atoms. The summed E-state index contributed by atoms with van der Waals surface area (Å²) in [7, 11) is 0. The minimum Gasteiger partial charge on any atom is -0.344 e. The number of benzene rings is 1. The Balaban J connectivity index is 3.00. The van der Waals surface area contributed by atoms with E-state index >= 15 is 0 Å². The van der Waals surface area contributed by atoms with Gasteiger partial charge in [0.15, 0.2) is 0 Å². The second-order valence-electron chi connectivity index (χ2n) is 2.35. The van der Waals surface area contributed by atoms with Crippen LogP contribution >= 0.6 is 36.1 Å². The first kappa shape index (κ1) is 10.7. The molecule has 1 aromatic rings. The van der Waals surface area contributed by atoms with Gasteiger partial charge < -0.3 is 4.29 Å². The molecule has 0 N–H and O–H groups in total. The molecule has 1 aromatic carbocycles. The standard InChI is InChI=1S/C8H6Cl2O2S/c9-8(13,7(11)12-10)6-4-2-1-3-5-6/h1-5,13H. The Morgan fingerprint density at radius 2 is 1.92 bits per heavy atom. The smallest absolute Gasteiger partial charge is 0.344 e. The van der Waals surface area contributed by atoms with E-state index in [1.807, 2.05) is 0 Å². The Bertz CT molecular complexity index is 300. The maximum atomic E-state index is 11.1. The lowest BCUT2D eigenvalue weighted by molar-refractivity contribution is -0.134. The van der Waals surface area contributed by atoms with Gasteiger partial charge in [-0.05, 0) is 5.56 Å². The number of carbonyl (C=O) groups is 1. The SMILES string of the molecule is O=C(OCl)C(S)(Cl)c1ccccc1. The first-order valence-electron chi connectivity index (χ1n) is 3.39. The molecule has 1 unspecified atom stereocenters. The van der Waals surface area contributed by atoms with E-state index in [1.54, 1.807) is 30.3 Å². The number of hydrogen-bond acceptors (Lipinski definition) is 3. The highest BCUT2D eigenvalue weighted by Gasteiger charge is 2.35. The number of thiol groups is 1. The summed E-state index contributed by atoms with van der Waals surface area (Å²) in [5.74, 6) is -0.814. The third kappa shape index (κ3) is 2.30. The van der Waals surface area contributed by atoms with Crippen LogP contribution in [0.4, 0.5) is 0 Å². The van der Waals surface area contributed by atoms with Crippen LogP contribution in [-0.4, -0.2) is 5.97 Å². The van der Waals surface area contributed by atoms with Crippen LogP contribution in [-0.2, 0) is 13.3 Å². The van der Waals surface area contributed by atoms with Crippen LogP contribution in [0.15, 0.2) is 30.3 Å². The molecule has 0 fully saturated rings. The van der Waals surface area contributed by atoms with E-state index in [0.717, 1.165) is 0 Å². The Morgan fingerprint density at radius 3 is 2.38 bits per heavy atom. The molecule has 0 heterocycles. The average molecular weight is 237 g/mol. The molecule has 0 aromatic heterocycles. The first-order chi connectivity index (χ1) is 6.09. The fourth-order valence-electron chi connectivity index (χ4n) is 0.828. The molecule has 5 heteroatoms. The van der Waals surface area contributed by atoms with Gasteiger partial charge in [-0.2, -0.15) is 0 Å². The normalized spacial score (nSPS) is 14.7. The second-order valence-corrected chi connectivity index (χ2v) is 4.01. The van der Waals surface area contributed by atoms with Gasteiger partial charge in [0.25, 0.3) is 0 Å². The molecule has 2 nitrogen and oxygen atoms in total. The number of carbonyl (C=O) groups excluding carboxylic acids is 1. The minimum atomic E-state index is -1.52. The Hall–Kier alpha value is -0.380. The predicted octanol–water partition coefficient (Wildman–Crippen LogP) is 2.71. The highest BCUT2D eigenvalue weighted by atomic mass is 35.5. The molecular formula is C8H6Cl2O2S. The third-order valence-electron chi connectivity index (χ3n) is 1.50. The van der Waals surface area contributed by atoms with Crippen LogP contribution in [0.3, 0.4) is 0 Å². The van der Waals surface area contributed by atoms with Gasteiger partial charge >= 0.3 is 5.97 Å². The van der Waals surface area contributed by atoms with Crippen LogP contribution < -0.4 is 0 Å². The molecule has 0 saturated heterocycles. The largest absolute Gasteiger partial charge is 0.360 e. The molecule has 0 radical (unpaired) electrons. The van der Waals surface area contributed by atoms with E-state index in [-0.39, 0.29) is 0 Å².